The molecule has 2 N–H and O–H groups in total. The Morgan fingerprint density at radius 3 is 2.44 bits per heavy atom. The third-order valence-corrected chi connectivity index (χ3v) is 3.07. The molecule has 16 heavy (non-hydrogen) atoms. The van der Waals surface area contributed by atoms with Crippen LogP contribution in [0.15, 0.2) is 29.3 Å². The van der Waals surface area contributed by atoms with E-state index in [1.165, 1.54) is 11.1 Å². The molecule has 0 saturated carbocycles. The highest BCUT2D eigenvalue weighted by Gasteiger charge is 2.22. The number of nitrogens with one attached hydrogen (secondary N) is 2. The van der Waals surface area contributed by atoms with E-state index in [4.69, 9.17) is 0 Å². The van der Waals surface area contributed by atoms with Crippen molar-refractivity contribution in [3.63, 3.8) is 0 Å². The van der Waals surface area contributed by atoms with Crippen LogP contribution in [-0.4, -0.2) is 25.1 Å². The Hall–Kier alpha value is -0.780. The Morgan fingerprint density at radius 2 is 1.88 bits per heavy atom. The van der Waals surface area contributed by atoms with Crippen molar-refractivity contribution in [1.29, 1.82) is 0 Å². The molecular weight excluding hydrogens is 313 g/mol. The molecule has 0 bridgehead atoms. The van der Waals surface area contributed by atoms with E-state index in [-0.39, 0.29) is 24.0 Å². The Bertz CT molecular complexity index is 378. The summed E-state index contributed by atoms with van der Waals surface area (Å²) < 4.78 is 0. The minimum atomic E-state index is 0. The molecule has 0 unspecified atom stereocenters. The van der Waals surface area contributed by atoms with Gasteiger partial charge in [0.1, 0.15) is 0 Å². The average molecular weight is 329 g/mol. The van der Waals surface area contributed by atoms with Crippen molar-refractivity contribution in [1.82, 2.24) is 10.6 Å². The van der Waals surface area contributed by atoms with E-state index in [2.05, 4.69) is 39.9 Å². The summed E-state index contributed by atoms with van der Waals surface area (Å²) in [6, 6.07) is 9.20. The fraction of sp³-hybridized carbons (Fsp3) is 0.417. The first-order valence-electron chi connectivity index (χ1n) is 5.53. The molecule has 1 aliphatic heterocycles. The molecule has 1 aromatic rings. The molecule has 0 fully saturated rings. The van der Waals surface area contributed by atoms with Crippen LogP contribution in [-0.2, 0) is 12.8 Å². The molecule has 0 saturated heterocycles. The zero-order chi connectivity index (χ0) is 10.1. The molecule has 0 radical (unpaired) electrons. The molecule has 0 spiro atoms. The maximum Gasteiger partial charge on any atom is 0.191 e. The van der Waals surface area contributed by atoms with Crippen molar-refractivity contribution in [2.75, 3.05) is 13.1 Å². The van der Waals surface area contributed by atoms with Crippen LogP contribution in [0.2, 0.25) is 0 Å². The van der Waals surface area contributed by atoms with Gasteiger partial charge in [0.15, 0.2) is 5.96 Å². The summed E-state index contributed by atoms with van der Waals surface area (Å²) in [5.41, 5.74) is 2.96. The topological polar surface area (TPSA) is 36.4 Å². The first-order valence-corrected chi connectivity index (χ1v) is 5.53. The van der Waals surface area contributed by atoms with Crippen LogP contribution in [0.3, 0.4) is 0 Å². The smallest absolute Gasteiger partial charge is 0.191 e. The van der Waals surface area contributed by atoms with Crippen molar-refractivity contribution in [2.24, 2.45) is 4.99 Å². The van der Waals surface area contributed by atoms with Gasteiger partial charge in [-0.25, -0.2) is 0 Å². The van der Waals surface area contributed by atoms with Crippen LogP contribution in [0.1, 0.15) is 11.1 Å². The second-order valence-electron chi connectivity index (χ2n) is 4.18. The van der Waals surface area contributed by atoms with Gasteiger partial charge in [-0.2, -0.15) is 0 Å². The predicted molar refractivity (Wildman–Crippen MR) is 76.5 cm³/mol. The number of aliphatic imine (C=N–C) groups is 1. The molecule has 1 heterocycles. The molecule has 2 aliphatic rings. The Labute approximate surface area is 113 Å². The van der Waals surface area contributed by atoms with Gasteiger partial charge in [-0.1, -0.05) is 24.3 Å². The van der Waals surface area contributed by atoms with Gasteiger partial charge in [-0.15, -0.1) is 24.0 Å². The van der Waals surface area contributed by atoms with Crippen molar-refractivity contribution < 1.29 is 0 Å². The number of halogens is 1. The van der Waals surface area contributed by atoms with E-state index in [1.807, 2.05) is 0 Å². The largest absolute Gasteiger partial charge is 0.355 e. The van der Waals surface area contributed by atoms with Gasteiger partial charge < -0.3 is 10.6 Å². The summed E-state index contributed by atoms with van der Waals surface area (Å²) in [5, 5.41) is 6.71. The summed E-state index contributed by atoms with van der Waals surface area (Å²) in [5.74, 6) is 0.979. The van der Waals surface area contributed by atoms with Crippen molar-refractivity contribution >= 4 is 29.9 Å². The molecule has 1 aromatic carbocycles. The maximum absolute atomic E-state index is 4.36. The zero-order valence-corrected chi connectivity index (χ0v) is 11.4. The van der Waals surface area contributed by atoms with Crippen molar-refractivity contribution in [3.8, 4) is 0 Å². The van der Waals surface area contributed by atoms with E-state index in [0.717, 1.165) is 31.9 Å². The van der Waals surface area contributed by atoms with Gasteiger partial charge in [0.05, 0.1) is 6.54 Å². The number of benzene rings is 1. The van der Waals surface area contributed by atoms with E-state index in [0.29, 0.717) is 6.04 Å². The Balaban J connectivity index is 0.000000963. The van der Waals surface area contributed by atoms with Gasteiger partial charge in [-0.05, 0) is 24.0 Å². The highest BCUT2D eigenvalue weighted by atomic mass is 127. The standard InChI is InChI=1S/C12H15N3.HI/c1-2-4-10-8-11(7-9(10)3-1)15-12-13-5-6-14-12;/h1-4,11H,5-8H2,(H2,13,14,15);1H. The molecule has 4 heteroatoms. The lowest BCUT2D eigenvalue weighted by molar-refractivity contribution is 0.635. The number of guanidine groups is 1. The zero-order valence-electron chi connectivity index (χ0n) is 9.07. The van der Waals surface area contributed by atoms with Gasteiger partial charge in [0, 0.05) is 12.6 Å². The van der Waals surface area contributed by atoms with Gasteiger partial charge >= 0.3 is 0 Å². The molecule has 86 valence electrons. The van der Waals surface area contributed by atoms with Crippen molar-refractivity contribution in [3.05, 3.63) is 35.4 Å². The number of fused-ring (bicyclic) bond motifs is 1. The number of nitrogens with zero attached hydrogens (tertiary/aromatic N) is 1. The van der Waals surface area contributed by atoms with Crippen LogP contribution in [0.4, 0.5) is 0 Å². The van der Waals surface area contributed by atoms with E-state index in [1.54, 1.807) is 0 Å². The monoisotopic (exact) mass is 329 g/mol. The summed E-state index contributed by atoms with van der Waals surface area (Å²) in [4.78, 5) is 4.36. The highest BCUT2D eigenvalue weighted by Crippen LogP contribution is 2.21. The predicted octanol–water partition coefficient (Wildman–Crippen LogP) is 1.32. The summed E-state index contributed by atoms with van der Waals surface area (Å²) in [6.07, 6.45) is 2.24. The minimum Gasteiger partial charge on any atom is -0.355 e. The summed E-state index contributed by atoms with van der Waals surface area (Å²) in [7, 11) is 0. The third kappa shape index (κ3) is 2.31. The Morgan fingerprint density at radius 1 is 1.19 bits per heavy atom. The fourth-order valence-corrected chi connectivity index (χ4v) is 2.35. The van der Waals surface area contributed by atoms with Crippen molar-refractivity contribution in [2.45, 2.75) is 18.9 Å². The van der Waals surface area contributed by atoms with Crippen LogP contribution in [0, 0.1) is 0 Å². The van der Waals surface area contributed by atoms with E-state index >= 15 is 0 Å². The van der Waals surface area contributed by atoms with Crippen LogP contribution in [0.5, 0.6) is 0 Å². The molecule has 3 rings (SSSR count). The van der Waals surface area contributed by atoms with Crippen LogP contribution < -0.4 is 10.6 Å². The second kappa shape index (κ2) is 5.03. The molecule has 0 atom stereocenters. The lowest BCUT2D eigenvalue weighted by atomic mass is 10.1. The minimum absolute atomic E-state index is 0. The molecule has 1 aliphatic carbocycles. The second-order valence-corrected chi connectivity index (χ2v) is 4.18. The lowest BCUT2D eigenvalue weighted by Crippen LogP contribution is -2.41. The SMILES string of the molecule is I.c1ccc2c(c1)CC(NC1=NCCN1)C2. The van der Waals surface area contributed by atoms with Gasteiger partial charge in [-0.3, -0.25) is 4.99 Å². The van der Waals surface area contributed by atoms with Crippen LogP contribution in [0.25, 0.3) is 0 Å². The normalized spacial score (nSPS) is 18.4. The van der Waals surface area contributed by atoms with Gasteiger partial charge in [0.2, 0.25) is 0 Å². The van der Waals surface area contributed by atoms with E-state index < -0.39 is 0 Å². The third-order valence-electron chi connectivity index (χ3n) is 3.07. The first kappa shape index (κ1) is 11.7. The molecule has 0 aromatic heterocycles. The molecule has 3 nitrogen and oxygen atoms in total. The average Bonchev–Trinajstić information content (AvgIpc) is 2.86. The summed E-state index contributed by atoms with van der Waals surface area (Å²) >= 11 is 0. The molecular formula is C12H16IN3. The number of rotatable bonds is 1. The first-order chi connectivity index (χ1) is 7.42. The maximum atomic E-state index is 4.36. The fourth-order valence-electron chi connectivity index (χ4n) is 2.35. The quantitative estimate of drug-likeness (QED) is 0.763. The Kier molecular flexibility index (Phi) is 3.68. The lowest BCUT2D eigenvalue weighted by Gasteiger charge is -2.13. The highest BCUT2D eigenvalue weighted by molar-refractivity contribution is 14.0. The number of hydrogen-bond acceptors (Lipinski definition) is 3. The molecule has 0 amide bonds. The summed E-state index contributed by atoms with van der Waals surface area (Å²) in [6.45, 7) is 1.88. The van der Waals surface area contributed by atoms with Crippen LogP contribution >= 0.6 is 24.0 Å². The number of hydrogen-bond donors (Lipinski definition) is 2. The van der Waals surface area contributed by atoms with Gasteiger partial charge in [0.25, 0.3) is 0 Å². The van der Waals surface area contributed by atoms with E-state index in [9.17, 15) is 0 Å².